The standard InChI is InChI=1S/C16H16ClF2NO/c1-20-16(9-12-13(17)4-3-5-14(12)18)11-7-6-10(21-2)8-15(11)19/h3-8,16,20H,9H2,1-2H3. The maximum absolute atomic E-state index is 14.1. The number of benzene rings is 2. The van der Waals surface area contributed by atoms with E-state index in [4.69, 9.17) is 16.3 Å². The van der Waals surface area contributed by atoms with Crippen molar-refractivity contribution in [2.24, 2.45) is 0 Å². The van der Waals surface area contributed by atoms with Crippen LogP contribution in [0.1, 0.15) is 17.2 Å². The zero-order chi connectivity index (χ0) is 15.4. The van der Waals surface area contributed by atoms with E-state index in [1.807, 2.05) is 0 Å². The van der Waals surface area contributed by atoms with Crippen LogP contribution in [0.4, 0.5) is 8.78 Å². The number of halogens is 3. The van der Waals surface area contributed by atoms with E-state index >= 15 is 0 Å². The Hall–Kier alpha value is -1.65. The number of methoxy groups -OCH3 is 1. The summed E-state index contributed by atoms with van der Waals surface area (Å²) in [4.78, 5) is 0. The molecule has 1 atom stereocenters. The van der Waals surface area contributed by atoms with E-state index in [9.17, 15) is 8.78 Å². The zero-order valence-electron chi connectivity index (χ0n) is 11.8. The molecule has 0 amide bonds. The first-order valence-corrected chi connectivity index (χ1v) is 6.88. The molecule has 2 aromatic rings. The molecule has 2 rings (SSSR count). The van der Waals surface area contributed by atoms with Crippen molar-refractivity contribution in [3.8, 4) is 5.75 Å². The highest BCUT2D eigenvalue weighted by Crippen LogP contribution is 2.28. The topological polar surface area (TPSA) is 21.3 Å². The SMILES string of the molecule is CNC(Cc1c(F)cccc1Cl)c1ccc(OC)cc1F. The van der Waals surface area contributed by atoms with Gasteiger partial charge in [0, 0.05) is 28.3 Å². The van der Waals surface area contributed by atoms with Gasteiger partial charge in [0.1, 0.15) is 17.4 Å². The van der Waals surface area contributed by atoms with Crippen LogP contribution in [0.15, 0.2) is 36.4 Å². The summed E-state index contributed by atoms with van der Waals surface area (Å²) < 4.78 is 33.0. The number of hydrogen-bond donors (Lipinski definition) is 1. The molecule has 1 N–H and O–H groups in total. The lowest BCUT2D eigenvalue weighted by atomic mass is 9.98. The predicted molar refractivity (Wildman–Crippen MR) is 79.9 cm³/mol. The highest BCUT2D eigenvalue weighted by molar-refractivity contribution is 6.31. The summed E-state index contributed by atoms with van der Waals surface area (Å²) in [5, 5.41) is 3.33. The molecule has 0 aliphatic heterocycles. The molecule has 2 nitrogen and oxygen atoms in total. The van der Waals surface area contributed by atoms with Crippen LogP contribution in [0, 0.1) is 11.6 Å². The second kappa shape index (κ2) is 6.87. The molecule has 21 heavy (non-hydrogen) atoms. The maximum Gasteiger partial charge on any atom is 0.131 e. The average molecular weight is 312 g/mol. The Morgan fingerprint density at radius 3 is 2.52 bits per heavy atom. The third-order valence-corrected chi connectivity index (χ3v) is 3.76. The molecule has 0 heterocycles. The Kier molecular flexibility index (Phi) is 5.15. The molecule has 0 saturated heterocycles. The average Bonchev–Trinajstić information content (AvgIpc) is 2.47. The fourth-order valence-corrected chi connectivity index (χ4v) is 2.46. The van der Waals surface area contributed by atoms with E-state index in [2.05, 4.69) is 5.32 Å². The van der Waals surface area contributed by atoms with Gasteiger partial charge >= 0.3 is 0 Å². The summed E-state index contributed by atoms with van der Waals surface area (Å²) in [6, 6.07) is 8.74. The molecular weight excluding hydrogens is 296 g/mol. The number of likely N-dealkylation sites (N-methyl/N-ethyl adjacent to an activating group) is 1. The lowest BCUT2D eigenvalue weighted by molar-refractivity contribution is 0.409. The Morgan fingerprint density at radius 1 is 1.19 bits per heavy atom. The monoisotopic (exact) mass is 311 g/mol. The van der Waals surface area contributed by atoms with Crippen LogP contribution in [0.5, 0.6) is 5.75 Å². The van der Waals surface area contributed by atoms with Crippen molar-refractivity contribution < 1.29 is 13.5 Å². The number of hydrogen-bond acceptors (Lipinski definition) is 2. The molecule has 112 valence electrons. The van der Waals surface area contributed by atoms with Gasteiger partial charge in [0.15, 0.2) is 0 Å². The van der Waals surface area contributed by atoms with Crippen molar-refractivity contribution in [3.05, 3.63) is 64.2 Å². The molecule has 0 aliphatic rings. The van der Waals surface area contributed by atoms with Crippen molar-refractivity contribution in [1.29, 1.82) is 0 Å². The van der Waals surface area contributed by atoms with Crippen molar-refractivity contribution in [2.75, 3.05) is 14.2 Å². The quantitative estimate of drug-likeness (QED) is 0.896. The van der Waals surface area contributed by atoms with Crippen LogP contribution in [0.25, 0.3) is 0 Å². The normalized spacial score (nSPS) is 12.2. The summed E-state index contributed by atoms with van der Waals surface area (Å²) in [7, 11) is 3.17. The highest BCUT2D eigenvalue weighted by Gasteiger charge is 2.18. The van der Waals surface area contributed by atoms with Crippen LogP contribution >= 0.6 is 11.6 Å². The van der Waals surface area contributed by atoms with Gasteiger partial charge in [0.25, 0.3) is 0 Å². The minimum absolute atomic E-state index is 0.255. The number of nitrogens with one attached hydrogen (secondary N) is 1. The maximum atomic E-state index is 14.1. The minimum atomic E-state index is -0.402. The van der Waals surface area contributed by atoms with E-state index in [-0.39, 0.29) is 12.5 Å². The van der Waals surface area contributed by atoms with Crippen LogP contribution < -0.4 is 10.1 Å². The van der Waals surface area contributed by atoms with Gasteiger partial charge in [0.05, 0.1) is 7.11 Å². The lowest BCUT2D eigenvalue weighted by Gasteiger charge is -2.19. The highest BCUT2D eigenvalue weighted by atomic mass is 35.5. The third-order valence-electron chi connectivity index (χ3n) is 3.40. The summed E-state index contributed by atoms with van der Waals surface area (Å²) >= 11 is 6.02. The Labute approximate surface area is 127 Å². The van der Waals surface area contributed by atoms with Gasteiger partial charge in [0.2, 0.25) is 0 Å². The molecular formula is C16H16ClF2NO. The molecule has 2 aromatic carbocycles. The predicted octanol–water partition coefficient (Wildman–Crippen LogP) is 4.13. The van der Waals surface area contributed by atoms with E-state index in [0.29, 0.717) is 21.9 Å². The van der Waals surface area contributed by atoms with E-state index < -0.39 is 11.6 Å². The first-order chi connectivity index (χ1) is 10.1. The van der Waals surface area contributed by atoms with Gasteiger partial charge in [-0.15, -0.1) is 0 Å². The first kappa shape index (κ1) is 15.7. The molecule has 0 spiro atoms. The number of rotatable bonds is 5. The third kappa shape index (κ3) is 3.52. The van der Waals surface area contributed by atoms with Gasteiger partial charge < -0.3 is 10.1 Å². The molecule has 0 radical (unpaired) electrons. The van der Waals surface area contributed by atoms with Gasteiger partial charge in [-0.3, -0.25) is 0 Å². The van der Waals surface area contributed by atoms with Crippen LogP contribution in [0.3, 0.4) is 0 Å². The lowest BCUT2D eigenvalue weighted by Crippen LogP contribution is -2.20. The first-order valence-electron chi connectivity index (χ1n) is 6.50. The van der Waals surface area contributed by atoms with Crippen molar-refractivity contribution in [3.63, 3.8) is 0 Å². The van der Waals surface area contributed by atoms with Gasteiger partial charge in [-0.25, -0.2) is 8.78 Å². The second-order valence-corrected chi connectivity index (χ2v) is 5.04. The smallest absolute Gasteiger partial charge is 0.131 e. The summed E-state index contributed by atoms with van der Waals surface area (Å²) in [5.74, 6) is -0.354. The second-order valence-electron chi connectivity index (χ2n) is 4.63. The minimum Gasteiger partial charge on any atom is -0.497 e. The molecule has 0 fully saturated rings. The molecule has 1 unspecified atom stereocenters. The van der Waals surface area contributed by atoms with Crippen molar-refractivity contribution in [2.45, 2.75) is 12.5 Å². The molecule has 0 aliphatic carbocycles. The van der Waals surface area contributed by atoms with Gasteiger partial charge in [-0.1, -0.05) is 23.7 Å². The fraction of sp³-hybridized carbons (Fsp3) is 0.250. The van der Waals surface area contributed by atoms with Gasteiger partial charge in [-0.2, -0.15) is 0 Å². The van der Waals surface area contributed by atoms with E-state index in [1.54, 1.807) is 31.3 Å². The molecule has 0 saturated carbocycles. The Bertz CT molecular complexity index is 613. The largest absolute Gasteiger partial charge is 0.497 e. The summed E-state index contributed by atoms with van der Waals surface area (Å²) in [6.07, 6.45) is 0.255. The zero-order valence-corrected chi connectivity index (χ0v) is 12.5. The molecule has 0 aromatic heterocycles. The van der Waals surface area contributed by atoms with Crippen LogP contribution in [0.2, 0.25) is 5.02 Å². The summed E-state index contributed by atoms with van der Waals surface area (Å²) in [5.41, 5.74) is 0.811. The van der Waals surface area contributed by atoms with Crippen molar-refractivity contribution >= 4 is 11.6 Å². The Balaban J connectivity index is 2.32. The molecule has 5 heteroatoms. The van der Waals surface area contributed by atoms with Crippen LogP contribution in [-0.2, 0) is 6.42 Å². The van der Waals surface area contributed by atoms with Crippen LogP contribution in [-0.4, -0.2) is 14.2 Å². The van der Waals surface area contributed by atoms with Gasteiger partial charge in [-0.05, 0) is 31.7 Å². The Morgan fingerprint density at radius 2 is 1.95 bits per heavy atom. The fourth-order valence-electron chi connectivity index (χ4n) is 2.22. The number of ether oxygens (including phenoxy) is 1. The molecule has 0 bridgehead atoms. The van der Waals surface area contributed by atoms with E-state index in [0.717, 1.165) is 0 Å². The summed E-state index contributed by atoms with van der Waals surface area (Å²) in [6.45, 7) is 0. The van der Waals surface area contributed by atoms with Crippen molar-refractivity contribution in [1.82, 2.24) is 5.32 Å². The van der Waals surface area contributed by atoms with E-state index in [1.165, 1.54) is 19.2 Å².